The van der Waals surface area contributed by atoms with E-state index in [0.29, 0.717) is 23.0 Å². The summed E-state index contributed by atoms with van der Waals surface area (Å²) in [5.41, 5.74) is -0.608. The molecule has 2 rings (SSSR count). The first-order valence-corrected chi connectivity index (χ1v) is 5.73. The van der Waals surface area contributed by atoms with Gasteiger partial charge in [0.25, 0.3) is 0 Å². The van der Waals surface area contributed by atoms with Crippen molar-refractivity contribution in [3.63, 3.8) is 0 Å². The molecule has 0 bridgehead atoms. The van der Waals surface area contributed by atoms with Gasteiger partial charge in [0.1, 0.15) is 5.58 Å². The molecular formula is C11H8BrNO4. The topological polar surface area (TPSA) is 73.3 Å². The van der Waals surface area contributed by atoms with E-state index in [2.05, 4.69) is 15.9 Å². The summed E-state index contributed by atoms with van der Waals surface area (Å²) in [5.74, 6) is 0. The smallest absolute Gasteiger partial charge is 0.415 e. The summed E-state index contributed by atoms with van der Waals surface area (Å²) in [5, 5.41) is 11.5. The van der Waals surface area contributed by atoms with Crippen molar-refractivity contribution in [1.29, 1.82) is 0 Å². The van der Waals surface area contributed by atoms with Crippen LogP contribution in [0.25, 0.3) is 11.0 Å². The lowest BCUT2D eigenvalue weighted by Crippen LogP contribution is -2.10. The Morgan fingerprint density at radius 3 is 2.76 bits per heavy atom. The SMILES string of the molecule is CCc1c([N+](=O)[O-])c(=O)oc2ccc(Br)cc12. The van der Waals surface area contributed by atoms with E-state index in [4.69, 9.17) is 4.42 Å². The third kappa shape index (κ3) is 1.95. The van der Waals surface area contributed by atoms with E-state index < -0.39 is 16.2 Å². The maximum atomic E-state index is 11.5. The molecule has 0 aliphatic heterocycles. The largest absolute Gasteiger partial charge is 0.418 e. The molecule has 0 saturated heterocycles. The summed E-state index contributed by atoms with van der Waals surface area (Å²) in [4.78, 5) is 21.7. The number of fused-ring (bicyclic) bond motifs is 1. The lowest BCUT2D eigenvalue weighted by Gasteiger charge is -2.04. The second-order valence-electron chi connectivity index (χ2n) is 3.47. The van der Waals surface area contributed by atoms with Crippen molar-refractivity contribution in [2.75, 3.05) is 0 Å². The Labute approximate surface area is 104 Å². The van der Waals surface area contributed by atoms with Gasteiger partial charge in [-0.15, -0.1) is 0 Å². The Hall–Kier alpha value is -1.69. The molecule has 0 N–H and O–H groups in total. The number of rotatable bonds is 2. The number of nitrogens with zero attached hydrogens (tertiary/aromatic N) is 1. The van der Waals surface area contributed by atoms with E-state index in [1.165, 1.54) is 0 Å². The second-order valence-corrected chi connectivity index (χ2v) is 4.38. The van der Waals surface area contributed by atoms with Gasteiger partial charge in [-0.1, -0.05) is 22.9 Å². The van der Waals surface area contributed by atoms with Gasteiger partial charge in [0.15, 0.2) is 0 Å². The summed E-state index contributed by atoms with van der Waals surface area (Å²) < 4.78 is 5.71. The molecule has 0 unspecified atom stereocenters. The zero-order valence-corrected chi connectivity index (χ0v) is 10.5. The van der Waals surface area contributed by atoms with Gasteiger partial charge in [-0.25, -0.2) is 4.79 Å². The Morgan fingerprint density at radius 1 is 1.47 bits per heavy atom. The third-order valence-corrected chi connectivity index (χ3v) is 2.98. The van der Waals surface area contributed by atoms with E-state index in [-0.39, 0.29) is 0 Å². The highest BCUT2D eigenvalue weighted by atomic mass is 79.9. The number of halogens is 1. The van der Waals surface area contributed by atoms with Crippen molar-refractivity contribution in [1.82, 2.24) is 0 Å². The Kier molecular flexibility index (Phi) is 2.97. The zero-order valence-electron chi connectivity index (χ0n) is 8.90. The lowest BCUT2D eigenvalue weighted by atomic mass is 10.1. The third-order valence-electron chi connectivity index (χ3n) is 2.48. The van der Waals surface area contributed by atoms with Crippen LogP contribution in [0.5, 0.6) is 0 Å². The van der Waals surface area contributed by atoms with Crippen LogP contribution in [0, 0.1) is 10.1 Å². The van der Waals surface area contributed by atoms with Gasteiger partial charge in [0, 0.05) is 15.4 Å². The molecule has 0 saturated carbocycles. The van der Waals surface area contributed by atoms with Crippen molar-refractivity contribution in [2.45, 2.75) is 13.3 Å². The molecule has 1 aromatic carbocycles. The van der Waals surface area contributed by atoms with Gasteiger partial charge in [-0.3, -0.25) is 10.1 Å². The molecule has 17 heavy (non-hydrogen) atoms. The molecule has 1 aromatic heterocycles. The number of hydrogen-bond donors (Lipinski definition) is 0. The summed E-state index contributed by atoms with van der Waals surface area (Å²) in [6.45, 7) is 1.77. The van der Waals surface area contributed by atoms with Crippen molar-refractivity contribution in [3.05, 3.63) is 48.8 Å². The maximum absolute atomic E-state index is 11.5. The van der Waals surface area contributed by atoms with E-state index >= 15 is 0 Å². The lowest BCUT2D eigenvalue weighted by molar-refractivity contribution is -0.387. The number of nitro groups is 1. The molecule has 0 fully saturated rings. The average molecular weight is 298 g/mol. The van der Waals surface area contributed by atoms with Crippen molar-refractivity contribution >= 4 is 32.6 Å². The summed E-state index contributed by atoms with van der Waals surface area (Å²) in [6, 6.07) is 5.05. The molecule has 88 valence electrons. The second kappa shape index (κ2) is 4.29. The van der Waals surface area contributed by atoms with Gasteiger partial charge in [-0.05, 0) is 24.6 Å². The first kappa shape index (κ1) is 11.8. The fourth-order valence-electron chi connectivity index (χ4n) is 1.77. The van der Waals surface area contributed by atoms with Crippen LogP contribution in [0.1, 0.15) is 12.5 Å². The highest BCUT2D eigenvalue weighted by molar-refractivity contribution is 9.10. The molecule has 0 aliphatic carbocycles. The van der Waals surface area contributed by atoms with Crippen LogP contribution in [-0.2, 0) is 6.42 Å². The van der Waals surface area contributed by atoms with Gasteiger partial charge < -0.3 is 4.42 Å². The fourth-order valence-corrected chi connectivity index (χ4v) is 2.13. The first-order valence-electron chi connectivity index (χ1n) is 4.94. The molecule has 0 aliphatic rings. The Balaban J connectivity index is 2.97. The van der Waals surface area contributed by atoms with Crippen LogP contribution in [0.4, 0.5) is 5.69 Å². The van der Waals surface area contributed by atoms with Crippen molar-refractivity contribution < 1.29 is 9.34 Å². The highest BCUT2D eigenvalue weighted by Crippen LogP contribution is 2.27. The highest BCUT2D eigenvalue weighted by Gasteiger charge is 2.23. The zero-order chi connectivity index (χ0) is 12.6. The molecule has 2 aromatic rings. The maximum Gasteiger partial charge on any atom is 0.415 e. The van der Waals surface area contributed by atoms with Gasteiger partial charge in [0.05, 0.1) is 4.92 Å². The van der Waals surface area contributed by atoms with E-state index in [1.54, 1.807) is 25.1 Å². The predicted octanol–water partition coefficient (Wildman–Crippen LogP) is 3.03. The van der Waals surface area contributed by atoms with E-state index in [0.717, 1.165) is 4.47 Å². The molecule has 0 amide bonds. The van der Waals surface area contributed by atoms with Gasteiger partial charge in [0.2, 0.25) is 0 Å². The normalized spacial score (nSPS) is 10.7. The molecule has 0 spiro atoms. The van der Waals surface area contributed by atoms with Gasteiger partial charge in [-0.2, -0.15) is 0 Å². The minimum Gasteiger partial charge on any atom is -0.418 e. The van der Waals surface area contributed by atoms with Crippen molar-refractivity contribution in [3.8, 4) is 0 Å². The van der Waals surface area contributed by atoms with Gasteiger partial charge >= 0.3 is 11.3 Å². The summed E-state index contributed by atoms with van der Waals surface area (Å²) >= 11 is 3.29. The van der Waals surface area contributed by atoms with E-state index in [1.807, 2.05) is 0 Å². The number of aryl methyl sites for hydroxylation is 1. The standard InChI is InChI=1S/C11H8BrNO4/c1-2-7-8-5-6(12)3-4-9(8)17-11(14)10(7)13(15)16/h3-5H,2H2,1H3. The summed E-state index contributed by atoms with van der Waals surface area (Å²) in [6.07, 6.45) is 0.398. The van der Waals surface area contributed by atoms with Crippen LogP contribution in [0.2, 0.25) is 0 Å². The predicted molar refractivity (Wildman–Crippen MR) is 66.2 cm³/mol. The minimum absolute atomic E-state index is 0.362. The molecule has 0 atom stereocenters. The molecule has 1 heterocycles. The molecule has 5 nitrogen and oxygen atoms in total. The fraction of sp³-hybridized carbons (Fsp3) is 0.182. The Morgan fingerprint density at radius 2 is 2.18 bits per heavy atom. The monoisotopic (exact) mass is 297 g/mol. The Bertz CT molecular complexity index is 662. The van der Waals surface area contributed by atoms with Crippen LogP contribution in [-0.4, -0.2) is 4.92 Å². The van der Waals surface area contributed by atoms with Crippen LogP contribution in [0.3, 0.4) is 0 Å². The van der Waals surface area contributed by atoms with Crippen LogP contribution in [0.15, 0.2) is 31.9 Å². The molecule has 6 heteroatoms. The summed E-state index contributed by atoms with van der Waals surface area (Å²) in [7, 11) is 0. The van der Waals surface area contributed by atoms with E-state index in [9.17, 15) is 14.9 Å². The quantitative estimate of drug-likeness (QED) is 0.485. The van der Waals surface area contributed by atoms with Crippen molar-refractivity contribution in [2.24, 2.45) is 0 Å². The average Bonchev–Trinajstić information content (AvgIpc) is 2.27. The number of benzene rings is 1. The molecular weight excluding hydrogens is 290 g/mol. The van der Waals surface area contributed by atoms with Crippen LogP contribution >= 0.6 is 15.9 Å². The number of hydrogen-bond acceptors (Lipinski definition) is 4. The minimum atomic E-state index is -0.901. The first-order chi connectivity index (χ1) is 8.04. The van der Waals surface area contributed by atoms with Crippen LogP contribution < -0.4 is 5.63 Å². The molecule has 0 radical (unpaired) electrons.